The van der Waals surface area contributed by atoms with Crippen LogP contribution in [0.2, 0.25) is 0 Å². The highest BCUT2D eigenvalue weighted by atomic mass is 35.5. The maximum Gasteiger partial charge on any atom is 0.228 e. The third-order valence-corrected chi connectivity index (χ3v) is 3.48. The zero-order valence-corrected chi connectivity index (χ0v) is 11.1. The summed E-state index contributed by atoms with van der Waals surface area (Å²) in [5, 5.41) is 0. The standard InChI is InChI=1S/C12H18ClN3O/c1-9-6-11(17-2)15-12(14-9)16-5-3-4-10(7-13)8-16/h6,10H,3-5,7-8H2,1-2H3. The molecule has 1 aliphatic rings. The second-order valence-electron chi connectivity index (χ2n) is 4.46. The van der Waals surface area contributed by atoms with Crippen LogP contribution in [0.25, 0.3) is 0 Å². The van der Waals surface area contributed by atoms with E-state index in [9.17, 15) is 0 Å². The summed E-state index contributed by atoms with van der Waals surface area (Å²) in [7, 11) is 1.63. The highest BCUT2D eigenvalue weighted by Crippen LogP contribution is 2.23. The summed E-state index contributed by atoms with van der Waals surface area (Å²) >= 11 is 5.93. The van der Waals surface area contributed by atoms with Gasteiger partial charge in [-0.3, -0.25) is 0 Å². The average molecular weight is 256 g/mol. The zero-order chi connectivity index (χ0) is 12.3. The smallest absolute Gasteiger partial charge is 0.228 e. The Hall–Kier alpha value is -1.03. The molecule has 1 fully saturated rings. The van der Waals surface area contributed by atoms with Crippen LogP contribution < -0.4 is 9.64 Å². The number of anilines is 1. The predicted molar refractivity (Wildman–Crippen MR) is 69.0 cm³/mol. The molecule has 2 rings (SSSR count). The zero-order valence-electron chi connectivity index (χ0n) is 10.3. The number of halogens is 1. The number of ether oxygens (including phenoxy) is 1. The Morgan fingerprint density at radius 1 is 1.53 bits per heavy atom. The third-order valence-electron chi connectivity index (χ3n) is 3.05. The number of hydrogen-bond acceptors (Lipinski definition) is 4. The number of alkyl halides is 1. The lowest BCUT2D eigenvalue weighted by Crippen LogP contribution is -2.37. The molecule has 17 heavy (non-hydrogen) atoms. The van der Waals surface area contributed by atoms with Crippen molar-refractivity contribution in [2.75, 3.05) is 31.0 Å². The van der Waals surface area contributed by atoms with Gasteiger partial charge in [0.2, 0.25) is 11.8 Å². The van der Waals surface area contributed by atoms with Gasteiger partial charge in [0, 0.05) is 30.7 Å². The molecule has 1 aromatic heterocycles. The fourth-order valence-electron chi connectivity index (χ4n) is 2.14. The maximum atomic E-state index is 5.93. The average Bonchev–Trinajstić information content (AvgIpc) is 2.38. The molecular weight excluding hydrogens is 238 g/mol. The lowest BCUT2D eigenvalue weighted by atomic mass is 10.0. The third kappa shape index (κ3) is 3.00. The van der Waals surface area contributed by atoms with Gasteiger partial charge in [0.15, 0.2) is 0 Å². The highest BCUT2D eigenvalue weighted by molar-refractivity contribution is 6.18. The lowest BCUT2D eigenvalue weighted by Gasteiger charge is -2.31. The molecule has 5 heteroatoms. The monoisotopic (exact) mass is 255 g/mol. The van der Waals surface area contributed by atoms with E-state index in [1.807, 2.05) is 13.0 Å². The van der Waals surface area contributed by atoms with E-state index in [4.69, 9.17) is 16.3 Å². The minimum atomic E-state index is 0.542. The van der Waals surface area contributed by atoms with Gasteiger partial charge in [0.05, 0.1) is 7.11 Å². The number of piperidine rings is 1. The largest absolute Gasteiger partial charge is 0.481 e. The first-order valence-corrected chi connectivity index (χ1v) is 6.47. The van der Waals surface area contributed by atoms with E-state index in [-0.39, 0.29) is 0 Å². The van der Waals surface area contributed by atoms with E-state index >= 15 is 0 Å². The molecule has 1 aromatic rings. The summed E-state index contributed by atoms with van der Waals surface area (Å²) < 4.78 is 5.18. The molecule has 0 N–H and O–H groups in total. The molecule has 1 unspecified atom stereocenters. The van der Waals surface area contributed by atoms with Crippen LogP contribution in [-0.2, 0) is 0 Å². The minimum Gasteiger partial charge on any atom is -0.481 e. The second-order valence-corrected chi connectivity index (χ2v) is 4.77. The number of methoxy groups -OCH3 is 1. The molecule has 2 heterocycles. The minimum absolute atomic E-state index is 0.542. The van der Waals surface area contributed by atoms with Gasteiger partial charge in [-0.15, -0.1) is 11.6 Å². The molecule has 0 saturated carbocycles. The molecule has 1 aliphatic heterocycles. The van der Waals surface area contributed by atoms with Crippen molar-refractivity contribution in [2.45, 2.75) is 19.8 Å². The van der Waals surface area contributed by atoms with Crippen molar-refractivity contribution in [3.63, 3.8) is 0 Å². The van der Waals surface area contributed by atoms with Crippen molar-refractivity contribution in [3.8, 4) is 5.88 Å². The Labute approximate surface area is 107 Å². The predicted octanol–water partition coefficient (Wildman–Crippen LogP) is 2.25. The molecule has 0 aliphatic carbocycles. The van der Waals surface area contributed by atoms with E-state index in [2.05, 4.69) is 14.9 Å². The van der Waals surface area contributed by atoms with Crippen LogP contribution in [0.4, 0.5) is 5.95 Å². The Morgan fingerprint density at radius 3 is 3.06 bits per heavy atom. The first-order chi connectivity index (χ1) is 8.22. The summed E-state index contributed by atoms with van der Waals surface area (Å²) in [6.45, 7) is 3.90. The maximum absolute atomic E-state index is 5.93. The Bertz CT molecular complexity index is 386. The van der Waals surface area contributed by atoms with Gasteiger partial charge in [-0.05, 0) is 25.7 Å². The van der Waals surface area contributed by atoms with Gasteiger partial charge in [-0.1, -0.05) is 0 Å². The fourth-order valence-corrected chi connectivity index (χ4v) is 2.40. The van der Waals surface area contributed by atoms with Gasteiger partial charge in [-0.2, -0.15) is 4.98 Å². The van der Waals surface area contributed by atoms with Crippen molar-refractivity contribution >= 4 is 17.5 Å². The summed E-state index contributed by atoms with van der Waals surface area (Å²) in [5.41, 5.74) is 0.930. The topological polar surface area (TPSA) is 38.2 Å². The molecule has 1 saturated heterocycles. The molecule has 0 bridgehead atoms. The number of rotatable bonds is 3. The first kappa shape index (κ1) is 12.4. The normalized spacial score (nSPS) is 20.4. The van der Waals surface area contributed by atoms with E-state index in [1.54, 1.807) is 7.11 Å². The van der Waals surface area contributed by atoms with Gasteiger partial charge in [0.25, 0.3) is 0 Å². The van der Waals surface area contributed by atoms with Crippen LogP contribution in [0.15, 0.2) is 6.07 Å². The van der Waals surface area contributed by atoms with Crippen LogP contribution in [0.3, 0.4) is 0 Å². The molecule has 94 valence electrons. The number of aryl methyl sites for hydroxylation is 1. The molecular formula is C12H18ClN3O. The van der Waals surface area contributed by atoms with Gasteiger partial charge in [0.1, 0.15) is 0 Å². The number of hydrogen-bond donors (Lipinski definition) is 0. The molecule has 0 aromatic carbocycles. The first-order valence-electron chi connectivity index (χ1n) is 5.93. The summed E-state index contributed by atoms with van der Waals surface area (Å²) in [4.78, 5) is 11.1. The van der Waals surface area contributed by atoms with E-state index in [1.165, 1.54) is 6.42 Å². The van der Waals surface area contributed by atoms with Crippen molar-refractivity contribution in [2.24, 2.45) is 5.92 Å². The quantitative estimate of drug-likeness (QED) is 0.777. The highest BCUT2D eigenvalue weighted by Gasteiger charge is 2.21. The van der Waals surface area contributed by atoms with E-state index in [0.717, 1.165) is 31.2 Å². The van der Waals surface area contributed by atoms with Crippen LogP contribution >= 0.6 is 11.6 Å². The van der Waals surface area contributed by atoms with Crippen LogP contribution in [0.1, 0.15) is 18.5 Å². The van der Waals surface area contributed by atoms with Crippen molar-refractivity contribution in [1.82, 2.24) is 9.97 Å². The number of aromatic nitrogens is 2. The fraction of sp³-hybridized carbons (Fsp3) is 0.667. The van der Waals surface area contributed by atoms with Crippen molar-refractivity contribution < 1.29 is 4.74 Å². The number of nitrogens with zero attached hydrogens (tertiary/aromatic N) is 3. The van der Waals surface area contributed by atoms with Crippen LogP contribution in [0.5, 0.6) is 5.88 Å². The SMILES string of the molecule is COc1cc(C)nc(N2CCCC(CCl)C2)n1. The second kappa shape index (κ2) is 5.54. The van der Waals surface area contributed by atoms with Crippen molar-refractivity contribution in [1.29, 1.82) is 0 Å². The van der Waals surface area contributed by atoms with E-state index < -0.39 is 0 Å². The van der Waals surface area contributed by atoms with Gasteiger partial charge < -0.3 is 9.64 Å². The summed E-state index contributed by atoms with van der Waals surface area (Å²) in [5.74, 6) is 2.64. The molecule has 1 atom stereocenters. The summed E-state index contributed by atoms with van der Waals surface area (Å²) in [6.07, 6.45) is 2.35. The molecule has 0 amide bonds. The van der Waals surface area contributed by atoms with Gasteiger partial charge in [-0.25, -0.2) is 4.98 Å². The Morgan fingerprint density at radius 2 is 2.35 bits per heavy atom. The van der Waals surface area contributed by atoms with Crippen LogP contribution in [-0.4, -0.2) is 36.0 Å². The Kier molecular flexibility index (Phi) is 4.05. The molecule has 4 nitrogen and oxygen atoms in total. The van der Waals surface area contributed by atoms with Gasteiger partial charge >= 0.3 is 0 Å². The van der Waals surface area contributed by atoms with E-state index in [0.29, 0.717) is 17.7 Å². The van der Waals surface area contributed by atoms with Crippen molar-refractivity contribution in [3.05, 3.63) is 11.8 Å². The lowest BCUT2D eigenvalue weighted by molar-refractivity contribution is 0.393. The Balaban J connectivity index is 2.18. The molecule has 0 radical (unpaired) electrons. The van der Waals surface area contributed by atoms with Crippen LogP contribution in [0, 0.1) is 12.8 Å². The summed E-state index contributed by atoms with van der Waals surface area (Å²) in [6, 6.07) is 1.84. The molecule has 0 spiro atoms.